The van der Waals surface area contributed by atoms with E-state index in [-0.39, 0.29) is 0 Å². The summed E-state index contributed by atoms with van der Waals surface area (Å²) in [6.07, 6.45) is 10.8. The number of rotatable bonds is 1. The van der Waals surface area contributed by atoms with Gasteiger partial charge in [0.15, 0.2) is 0 Å². The molecule has 0 fully saturated rings. The lowest BCUT2D eigenvalue weighted by Crippen LogP contribution is -2.24. The summed E-state index contributed by atoms with van der Waals surface area (Å²) in [7, 11) is 0. The van der Waals surface area contributed by atoms with Crippen molar-refractivity contribution in [3.63, 3.8) is 0 Å². The van der Waals surface area contributed by atoms with Gasteiger partial charge in [0.1, 0.15) is 0 Å². The van der Waals surface area contributed by atoms with Crippen LogP contribution in [0, 0.1) is 19.3 Å². The Morgan fingerprint density at radius 1 is 1.40 bits per heavy atom. The zero-order valence-electron chi connectivity index (χ0n) is 9.75. The average Bonchev–Trinajstić information content (AvgIpc) is 2.18. The van der Waals surface area contributed by atoms with Gasteiger partial charge in [-0.05, 0) is 36.8 Å². The molecule has 1 aromatic carbocycles. The van der Waals surface area contributed by atoms with Crippen molar-refractivity contribution < 1.29 is 0 Å². The summed E-state index contributed by atoms with van der Waals surface area (Å²) in [4.78, 5) is 0. The minimum atomic E-state index is 1.09. The molecule has 1 aromatic rings. The summed E-state index contributed by atoms with van der Waals surface area (Å²) in [5.41, 5.74) is 1.28. The molecule has 0 aromatic heterocycles. The molecule has 0 bridgehead atoms. The Balaban J connectivity index is 0.000000583. The van der Waals surface area contributed by atoms with Gasteiger partial charge in [-0.25, -0.2) is 0 Å². The van der Waals surface area contributed by atoms with E-state index in [1.807, 2.05) is 31.2 Å². The van der Waals surface area contributed by atoms with Crippen LogP contribution < -0.4 is 10.4 Å². The van der Waals surface area contributed by atoms with Crippen LogP contribution in [0.3, 0.4) is 0 Å². The Labute approximate surface area is 92.7 Å². The first-order valence-electron chi connectivity index (χ1n) is 4.92. The van der Waals surface area contributed by atoms with Gasteiger partial charge in [-0.1, -0.05) is 43.0 Å². The van der Waals surface area contributed by atoms with Crippen molar-refractivity contribution in [1.29, 1.82) is 0 Å². The van der Waals surface area contributed by atoms with Gasteiger partial charge in [0, 0.05) is 0 Å². The lowest BCUT2D eigenvalue weighted by atomic mass is 10.1. The summed E-state index contributed by atoms with van der Waals surface area (Å²) < 4.78 is 0. The van der Waals surface area contributed by atoms with E-state index >= 15 is 0 Å². The Morgan fingerprint density at radius 2 is 2.00 bits per heavy atom. The zero-order chi connectivity index (χ0) is 11.7. The molecule has 78 valence electrons. The van der Waals surface area contributed by atoms with Crippen LogP contribution in [0.15, 0.2) is 30.4 Å². The van der Waals surface area contributed by atoms with E-state index in [1.165, 1.54) is 10.8 Å². The molecule has 0 saturated heterocycles. The summed E-state index contributed by atoms with van der Waals surface area (Å²) >= 11 is 0. The van der Waals surface area contributed by atoms with Gasteiger partial charge in [-0.15, -0.1) is 12.3 Å². The second-order valence-electron chi connectivity index (χ2n) is 3.13. The Kier molecular flexibility index (Phi) is 6.76. The quantitative estimate of drug-likeness (QED) is 0.608. The monoisotopic (exact) mass is 198 g/mol. The minimum absolute atomic E-state index is 1.09. The average molecular weight is 198 g/mol. The second kappa shape index (κ2) is 7.64. The molecular weight excluding hydrogens is 180 g/mol. The molecular formula is C15H18. The smallest absolute Gasteiger partial charge is 0.00297 e. The topological polar surface area (TPSA) is 0 Å². The van der Waals surface area contributed by atoms with Crippen molar-refractivity contribution in [2.24, 2.45) is 0 Å². The lowest BCUT2D eigenvalue weighted by molar-refractivity contribution is 1.37. The van der Waals surface area contributed by atoms with Gasteiger partial charge in [-0.2, -0.15) is 0 Å². The molecule has 0 aliphatic rings. The molecule has 0 radical (unpaired) electrons. The third-order valence-electron chi connectivity index (χ3n) is 1.87. The molecule has 0 saturated carbocycles. The fraction of sp³-hybridized carbons (Fsp3) is 0.200. The van der Waals surface area contributed by atoms with E-state index in [4.69, 9.17) is 0 Å². The summed E-state index contributed by atoms with van der Waals surface area (Å²) in [5, 5.41) is 2.32. The van der Waals surface area contributed by atoms with Gasteiger partial charge in [0.25, 0.3) is 0 Å². The molecule has 0 heteroatoms. The number of allylic oxidation sites excluding steroid dienone is 2. The molecule has 0 aliphatic carbocycles. The van der Waals surface area contributed by atoms with Crippen LogP contribution >= 0.6 is 0 Å². The van der Waals surface area contributed by atoms with E-state index in [1.54, 1.807) is 6.92 Å². The highest BCUT2D eigenvalue weighted by atomic mass is 13.9. The Hall–Kier alpha value is -1.74. The molecule has 0 heterocycles. The third-order valence-corrected chi connectivity index (χ3v) is 1.87. The molecule has 0 spiro atoms. The first kappa shape index (κ1) is 13.3. The van der Waals surface area contributed by atoms with Gasteiger partial charge in [0.05, 0.1) is 0 Å². The van der Waals surface area contributed by atoms with Crippen LogP contribution in [0.2, 0.25) is 0 Å². The molecule has 0 amide bonds. The fourth-order valence-corrected chi connectivity index (χ4v) is 1.17. The highest BCUT2D eigenvalue weighted by Crippen LogP contribution is 1.83. The second-order valence-corrected chi connectivity index (χ2v) is 3.13. The Bertz CT molecular complexity index is 456. The van der Waals surface area contributed by atoms with Gasteiger partial charge in [0.2, 0.25) is 0 Å². The molecule has 0 unspecified atom stereocenters. The van der Waals surface area contributed by atoms with Crippen LogP contribution in [0.1, 0.15) is 19.4 Å². The lowest BCUT2D eigenvalue weighted by Gasteiger charge is -1.92. The molecule has 0 N–H and O–H groups in total. The van der Waals surface area contributed by atoms with Crippen molar-refractivity contribution in [1.82, 2.24) is 0 Å². The van der Waals surface area contributed by atoms with Crippen molar-refractivity contribution in [2.45, 2.75) is 20.8 Å². The predicted octanol–water partition coefficient (Wildman–Crippen LogP) is 2.40. The maximum atomic E-state index is 4.60. The summed E-state index contributed by atoms with van der Waals surface area (Å²) in [6.45, 7) is 9.73. The van der Waals surface area contributed by atoms with E-state index in [0.717, 1.165) is 5.22 Å². The predicted molar refractivity (Wildman–Crippen MR) is 69.7 cm³/mol. The van der Waals surface area contributed by atoms with Crippen LogP contribution in [0.25, 0.3) is 12.7 Å². The number of terminal acetylenes is 1. The SMILES string of the molecule is C#CC.C=c1cccc(C)/c1=C/C=C\C. The zero-order valence-corrected chi connectivity index (χ0v) is 9.75. The number of aryl methyl sites for hydroxylation is 1. The third kappa shape index (κ3) is 4.88. The van der Waals surface area contributed by atoms with Crippen LogP contribution in [-0.4, -0.2) is 0 Å². The first-order valence-corrected chi connectivity index (χ1v) is 4.92. The number of benzene rings is 1. The molecule has 15 heavy (non-hydrogen) atoms. The number of hydrogen-bond acceptors (Lipinski definition) is 0. The van der Waals surface area contributed by atoms with Gasteiger partial charge in [-0.3, -0.25) is 0 Å². The maximum Gasteiger partial charge on any atom is -0.00297 e. The normalized spacial score (nSPS) is 10.7. The van der Waals surface area contributed by atoms with E-state index in [9.17, 15) is 0 Å². The molecule has 0 nitrogen and oxygen atoms in total. The van der Waals surface area contributed by atoms with E-state index in [2.05, 4.69) is 38.0 Å². The van der Waals surface area contributed by atoms with Crippen molar-refractivity contribution in [3.05, 3.63) is 46.4 Å². The van der Waals surface area contributed by atoms with Gasteiger partial charge < -0.3 is 0 Å². The minimum Gasteiger partial charge on any atom is -0.120 e. The largest absolute Gasteiger partial charge is 0.120 e. The van der Waals surface area contributed by atoms with Crippen molar-refractivity contribution >= 4 is 12.7 Å². The van der Waals surface area contributed by atoms with Crippen LogP contribution in [0.4, 0.5) is 0 Å². The Morgan fingerprint density at radius 3 is 2.47 bits per heavy atom. The molecule has 0 aliphatic heterocycles. The van der Waals surface area contributed by atoms with Crippen LogP contribution in [0.5, 0.6) is 0 Å². The highest BCUT2D eigenvalue weighted by Gasteiger charge is 1.85. The maximum absolute atomic E-state index is 4.60. The van der Waals surface area contributed by atoms with Gasteiger partial charge >= 0.3 is 0 Å². The van der Waals surface area contributed by atoms with E-state index in [0.29, 0.717) is 0 Å². The van der Waals surface area contributed by atoms with Crippen LogP contribution in [-0.2, 0) is 0 Å². The summed E-state index contributed by atoms with van der Waals surface area (Å²) in [5.74, 6) is 2.25. The standard InChI is InChI=1S/C12H14.C3H4/c1-4-5-9-12-10(2)7-6-8-11(12)3;1-3-2/h4-9H,2H2,1,3H3;1H,2H3/b5-4-,12-9+;. The summed E-state index contributed by atoms with van der Waals surface area (Å²) in [6, 6.07) is 6.16. The molecule has 0 atom stereocenters. The highest BCUT2D eigenvalue weighted by molar-refractivity contribution is 5.40. The fourth-order valence-electron chi connectivity index (χ4n) is 1.17. The first-order chi connectivity index (χ1) is 7.17. The van der Waals surface area contributed by atoms with E-state index < -0.39 is 0 Å². The number of hydrogen-bond donors (Lipinski definition) is 0. The van der Waals surface area contributed by atoms with Crippen molar-refractivity contribution in [3.8, 4) is 12.3 Å². The van der Waals surface area contributed by atoms with Crippen molar-refractivity contribution in [2.75, 3.05) is 0 Å². The molecule has 1 rings (SSSR count).